The summed E-state index contributed by atoms with van der Waals surface area (Å²) in [5.41, 5.74) is -0.164. The van der Waals surface area contributed by atoms with Crippen LogP contribution >= 0.6 is 22.6 Å². The number of hydrogen-bond acceptors (Lipinski definition) is 3. The summed E-state index contributed by atoms with van der Waals surface area (Å²) in [4.78, 5) is 26.9. The molecule has 2 rings (SSSR count). The van der Waals surface area contributed by atoms with E-state index >= 15 is 0 Å². The van der Waals surface area contributed by atoms with E-state index in [-0.39, 0.29) is 23.2 Å². The van der Waals surface area contributed by atoms with Crippen molar-refractivity contribution in [3.63, 3.8) is 0 Å². The fraction of sp³-hybridized carbons (Fsp3) is 0.154. The van der Waals surface area contributed by atoms with Crippen LogP contribution in [-0.2, 0) is 6.54 Å². The Labute approximate surface area is 127 Å². The van der Waals surface area contributed by atoms with Gasteiger partial charge in [-0.1, -0.05) is 0 Å². The Kier molecular flexibility index (Phi) is 4.17. The van der Waals surface area contributed by atoms with Gasteiger partial charge in [0, 0.05) is 11.8 Å². The van der Waals surface area contributed by atoms with Crippen molar-refractivity contribution in [1.29, 1.82) is 0 Å². The number of carbonyl (C=O) groups is 1. The van der Waals surface area contributed by atoms with Crippen molar-refractivity contribution < 1.29 is 14.3 Å². The molecule has 104 valence electrons. The normalized spacial score (nSPS) is 10.6. The third kappa shape index (κ3) is 2.87. The Morgan fingerprint density at radius 1 is 1.50 bits per heavy atom. The van der Waals surface area contributed by atoms with Gasteiger partial charge >= 0.3 is 5.97 Å². The Balaban J connectivity index is 2.50. The summed E-state index contributed by atoms with van der Waals surface area (Å²) < 4.78 is 15.5. The van der Waals surface area contributed by atoms with Gasteiger partial charge in [0.1, 0.15) is 11.6 Å². The smallest absolute Gasteiger partial charge is 0.335 e. The standard InChI is InChI=1S/C13H10FIN2O3/c1-7-16-5-11(15)12(18)17(7)6-9-4-8(13(19)20)2-3-10(9)14/h2-5H,6H2,1H3,(H,19,20). The van der Waals surface area contributed by atoms with Crippen LogP contribution in [-0.4, -0.2) is 20.6 Å². The number of aromatic carboxylic acids is 1. The monoisotopic (exact) mass is 388 g/mol. The average molecular weight is 388 g/mol. The maximum absolute atomic E-state index is 13.8. The molecule has 0 aliphatic rings. The molecular weight excluding hydrogens is 378 g/mol. The molecule has 0 saturated heterocycles. The van der Waals surface area contributed by atoms with E-state index in [4.69, 9.17) is 5.11 Å². The Bertz CT molecular complexity index is 743. The van der Waals surface area contributed by atoms with Crippen LogP contribution in [0.15, 0.2) is 29.2 Å². The van der Waals surface area contributed by atoms with Gasteiger partial charge in [-0.25, -0.2) is 14.2 Å². The second-order valence-corrected chi connectivity index (χ2v) is 5.32. The highest BCUT2D eigenvalue weighted by atomic mass is 127. The number of aryl methyl sites for hydroxylation is 1. The van der Waals surface area contributed by atoms with E-state index in [1.165, 1.54) is 22.9 Å². The van der Waals surface area contributed by atoms with Crippen molar-refractivity contribution in [2.75, 3.05) is 0 Å². The molecule has 5 nitrogen and oxygen atoms in total. The minimum atomic E-state index is -1.14. The first-order valence-electron chi connectivity index (χ1n) is 5.64. The lowest BCUT2D eigenvalue weighted by molar-refractivity contribution is 0.0696. The molecule has 20 heavy (non-hydrogen) atoms. The van der Waals surface area contributed by atoms with Gasteiger partial charge in [0.15, 0.2) is 0 Å². The second-order valence-electron chi connectivity index (χ2n) is 4.16. The van der Waals surface area contributed by atoms with Gasteiger partial charge in [-0.3, -0.25) is 9.36 Å². The lowest BCUT2D eigenvalue weighted by Crippen LogP contribution is -2.26. The van der Waals surface area contributed by atoms with Crippen molar-refractivity contribution >= 4 is 28.6 Å². The van der Waals surface area contributed by atoms with E-state index in [0.29, 0.717) is 9.39 Å². The highest BCUT2D eigenvalue weighted by Crippen LogP contribution is 2.12. The number of hydrogen-bond donors (Lipinski definition) is 1. The molecule has 0 amide bonds. The zero-order valence-electron chi connectivity index (χ0n) is 10.4. The fourth-order valence-corrected chi connectivity index (χ4v) is 2.17. The van der Waals surface area contributed by atoms with Gasteiger partial charge in [-0.2, -0.15) is 0 Å². The zero-order valence-corrected chi connectivity index (χ0v) is 12.6. The topological polar surface area (TPSA) is 72.2 Å². The minimum Gasteiger partial charge on any atom is -0.478 e. The predicted octanol–water partition coefficient (Wildman–Crippen LogP) is 2.04. The van der Waals surface area contributed by atoms with Gasteiger partial charge in [0.25, 0.3) is 5.56 Å². The van der Waals surface area contributed by atoms with Crippen molar-refractivity contribution in [3.05, 3.63) is 61.1 Å². The number of rotatable bonds is 3. The number of benzene rings is 1. The third-order valence-electron chi connectivity index (χ3n) is 2.83. The molecule has 2 aromatic rings. The van der Waals surface area contributed by atoms with E-state index in [1.54, 1.807) is 6.92 Å². The third-order valence-corrected chi connectivity index (χ3v) is 3.57. The molecule has 0 aliphatic carbocycles. The molecular formula is C13H10FIN2O3. The largest absolute Gasteiger partial charge is 0.478 e. The summed E-state index contributed by atoms with van der Waals surface area (Å²) >= 11 is 1.85. The molecule has 0 atom stereocenters. The van der Waals surface area contributed by atoms with E-state index in [2.05, 4.69) is 4.98 Å². The summed E-state index contributed by atoms with van der Waals surface area (Å²) in [6.07, 6.45) is 1.44. The Morgan fingerprint density at radius 3 is 2.85 bits per heavy atom. The van der Waals surface area contributed by atoms with Gasteiger partial charge < -0.3 is 5.11 Å². The van der Waals surface area contributed by atoms with E-state index in [1.807, 2.05) is 22.6 Å². The van der Waals surface area contributed by atoms with Crippen LogP contribution < -0.4 is 5.56 Å². The number of aromatic nitrogens is 2. The predicted molar refractivity (Wildman–Crippen MR) is 78.4 cm³/mol. The van der Waals surface area contributed by atoms with Crippen molar-refractivity contribution in [2.45, 2.75) is 13.5 Å². The lowest BCUT2D eigenvalue weighted by Gasteiger charge is -2.10. The van der Waals surface area contributed by atoms with Crippen LogP contribution in [0.1, 0.15) is 21.7 Å². The molecule has 1 N–H and O–H groups in total. The maximum Gasteiger partial charge on any atom is 0.335 e. The van der Waals surface area contributed by atoms with Gasteiger partial charge in [-0.05, 0) is 47.7 Å². The van der Waals surface area contributed by atoms with Crippen molar-refractivity contribution in [2.24, 2.45) is 0 Å². The molecule has 1 heterocycles. The molecule has 0 unspecified atom stereocenters. The fourth-order valence-electron chi connectivity index (χ4n) is 1.74. The lowest BCUT2D eigenvalue weighted by atomic mass is 10.1. The van der Waals surface area contributed by atoms with Crippen LogP contribution in [0.3, 0.4) is 0 Å². The second kappa shape index (κ2) is 5.70. The highest BCUT2D eigenvalue weighted by molar-refractivity contribution is 14.1. The summed E-state index contributed by atoms with van der Waals surface area (Å²) in [5.74, 6) is -1.26. The van der Waals surface area contributed by atoms with Crippen molar-refractivity contribution in [1.82, 2.24) is 9.55 Å². The summed E-state index contributed by atoms with van der Waals surface area (Å²) in [7, 11) is 0. The van der Waals surface area contributed by atoms with Gasteiger partial charge in [0.2, 0.25) is 0 Å². The first kappa shape index (κ1) is 14.6. The molecule has 1 aromatic carbocycles. The van der Waals surface area contributed by atoms with Crippen LogP contribution in [0.5, 0.6) is 0 Å². The minimum absolute atomic E-state index is 0.0225. The molecule has 0 bridgehead atoms. The summed E-state index contributed by atoms with van der Waals surface area (Å²) in [6, 6.07) is 3.49. The van der Waals surface area contributed by atoms with Crippen molar-refractivity contribution in [3.8, 4) is 0 Å². The summed E-state index contributed by atoms with van der Waals surface area (Å²) in [5, 5.41) is 8.92. The highest BCUT2D eigenvalue weighted by Gasteiger charge is 2.12. The summed E-state index contributed by atoms with van der Waals surface area (Å²) in [6.45, 7) is 1.58. The first-order chi connectivity index (χ1) is 9.40. The average Bonchev–Trinajstić information content (AvgIpc) is 2.41. The molecule has 0 spiro atoms. The van der Waals surface area contributed by atoms with E-state index < -0.39 is 11.8 Å². The molecule has 7 heteroatoms. The zero-order chi connectivity index (χ0) is 14.9. The number of halogens is 2. The van der Waals surface area contributed by atoms with Crippen LogP contribution in [0.25, 0.3) is 0 Å². The Morgan fingerprint density at radius 2 is 2.20 bits per heavy atom. The van der Waals surface area contributed by atoms with Gasteiger partial charge in [0.05, 0.1) is 15.7 Å². The van der Waals surface area contributed by atoms with Crippen LogP contribution in [0, 0.1) is 16.3 Å². The first-order valence-corrected chi connectivity index (χ1v) is 6.71. The number of carboxylic acid groups (broad SMARTS) is 1. The molecule has 1 aromatic heterocycles. The SMILES string of the molecule is Cc1ncc(I)c(=O)n1Cc1cc(C(=O)O)ccc1F. The molecule has 0 aliphatic heterocycles. The number of nitrogens with zero attached hydrogens (tertiary/aromatic N) is 2. The number of carboxylic acids is 1. The van der Waals surface area contributed by atoms with E-state index in [9.17, 15) is 14.0 Å². The van der Waals surface area contributed by atoms with E-state index in [0.717, 1.165) is 6.07 Å². The molecule has 0 fully saturated rings. The van der Waals surface area contributed by atoms with Gasteiger partial charge in [-0.15, -0.1) is 0 Å². The maximum atomic E-state index is 13.8. The molecule has 0 saturated carbocycles. The quantitative estimate of drug-likeness (QED) is 0.818. The molecule has 0 radical (unpaired) electrons. The van der Waals surface area contributed by atoms with Crippen LogP contribution in [0.2, 0.25) is 0 Å². The Hall–Kier alpha value is -1.77. The van der Waals surface area contributed by atoms with Crippen LogP contribution in [0.4, 0.5) is 4.39 Å².